The summed E-state index contributed by atoms with van der Waals surface area (Å²) in [6.07, 6.45) is 0.687. The van der Waals surface area contributed by atoms with E-state index in [0.29, 0.717) is 15.6 Å². The van der Waals surface area contributed by atoms with Crippen molar-refractivity contribution >= 4 is 11.8 Å². The number of aliphatic hydroxyl groups is 1. The fourth-order valence-electron chi connectivity index (χ4n) is 1.43. The van der Waals surface area contributed by atoms with Gasteiger partial charge < -0.3 is 5.11 Å². The van der Waals surface area contributed by atoms with Crippen molar-refractivity contribution in [1.29, 1.82) is 0 Å². The molecular formula is C11H12FN3OS. The Kier molecular flexibility index (Phi) is 3.44. The molecule has 1 N–H and O–H groups in total. The number of aromatic nitrogens is 3. The smallest absolute Gasteiger partial charge is 0.190 e. The topological polar surface area (TPSA) is 50.9 Å². The molecule has 0 aliphatic carbocycles. The first-order valence-corrected chi connectivity index (χ1v) is 5.89. The first-order valence-electron chi connectivity index (χ1n) is 5.08. The number of benzene rings is 1. The first-order chi connectivity index (χ1) is 8.09. The van der Waals surface area contributed by atoms with Crippen molar-refractivity contribution in [1.82, 2.24) is 14.8 Å². The third kappa shape index (κ3) is 2.48. The summed E-state index contributed by atoms with van der Waals surface area (Å²) in [5, 5.41) is 14.1. The van der Waals surface area contributed by atoms with Gasteiger partial charge in [0.05, 0.1) is 11.0 Å². The van der Waals surface area contributed by atoms with E-state index in [1.807, 2.05) is 0 Å². The maximum atomic E-state index is 13.7. The minimum atomic E-state index is -0.721. The molecule has 1 atom stereocenters. The van der Waals surface area contributed by atoms with Crippen LogP contribution >= 0.6 is 11.8 Å². The Balaban J connectivity index is 2.41. The summed E-state index contributed by atoms with van der Waals surface area (Å²) in [4.78, 5) is 4.41. The maximum Gasteiger partial charge on any atom is 0.190 e. The molecule has 1 aromatic carbocycles. The van der Waals surface area contributed by atoms with Gasteiger partial charge in [-0.25, -0.2) is 14.1 Å². The Labute approximate surface area is 102 Å². The molecule has 2 aromatic rings. The molecule has 0 amide bonds. The predicted octanol–water partition coefficient (Wildman–Crippen LogP) is 2.16. The minimum absolute atomic E-state index is 0.364. The second-order valence-electron chi connectivity index (χ2n) is 3.60. The lowest BCUT2D eigenvalue weighted by atomic mass is 10.1. The van der Waals surface area contributed by atoms with Gasteiger partial charge in [-0.1, -0.05) is 12.1 Å². The van der Waals surface area contributed by atoms with Crippen LogP contribution in [0.3, 0.4) is 0 Å². The van der Waals surface area contributed by atoms with Crippen molar-refractivity contribution in [3.05, 3.63) is 35.9 Å². The van der Waals surface area contributed by atoms with Crippen molar-refractivity contribution < 1.29 is 9.50 Å². The highest BCUT2D eigenvalue weighted by Crippen LogP contribution is 2.33. The summed E-state index contributed by atoms with van der Waals surface area (Å²) >= 11 is 1.16. The highest BCUT2D eigenvalue weighted by Gasteiger charge is 2.15. The quantitative estimate of drug-likeness (QED) is 0.910. The van der Waals surface area contributed by atoms with Crippen LogP contribution in [0.4, 0.5) is 4.39 Å². The normalized spacial score (nSPS) is 12.7. The zero-order chi connectivity index (χ0) is 12.4. The third-order valence-electron chi connectivity index (χ3n) is 2.31. The number of aryl methyl sites for hydroxylation is 1. The van der Waals surface area contributed by atoms with Crippen molar-refractivity contribution in [2.75, 3.05) is 0 Å². The van der Waals surface area contributed by atoms with Crippen LogP contribution in [0.5, 0.6) is 0 Å². The molecule has 0 aliphatic heterocycles. The van der Waals surface area contributed by atoms with E-state index in [1.165, 1.54) is 12.4 Å². The molecular weight excluding hydrogens is 241 g/mol. The summed E-state index contributed by atoms with van der Waals surface area (Å²) < 4.78 is 15.3. The molecule has 90 valence electrons. The van der Waals surface area contributed by atoms with E-state index in [-0.39, 0.29) is 5.82 Å². The zero-order valence-electron chi connectivity index (χ0n) is 9.46. The average Bonchev–Trinajstić information content (AvgIpc) is 2.67. The number of nitrogens with zero attached hydrogens (tertiary/aromatic N) is 3. The van der Waals surface area contributed by atoms with Gasteiger partial charge in [0, 0.05) is 7.05 Å². The summed E-state index contributed by atoms with van der Waals surface area (Å²) in [5.74, 6) is -0.364. The van der Waals surface area contributed by atoms with Gasteiger partial charge in [0.1, 0.15) is 12.1 Å². The van der Waals surface area contributed by atoms with Crippen LogP contribution in [-0.2, 0) is 7.05 Å². The van der Waals surface area contributed by atoms with Gasteiger partial charge in [0.2, 0.25) is 0 Å². The van der Waals surface area contributed by atoms with Gasteiger partial charge in [-0.3, -0.25) is 0 Å². The van der Waals surface area contributed by atoms with Gasteiger partial charge in [-0.15, -0.1) is 0 Å². The highest BCUT2D eigenvalue weighted by molar-refractivity contribution is 7.99. The van der Waals surface area contributed by atoms with Crippen molar-refractivity contribution in [3.8, 4) is 0 Å². The standard InChI is InChI=1S/C11H12FN3OS/c1-7(16)8-4-3-5-9(12)10(8)17-11-13-6-14-15(11)2/h3-7,16H,1-2H3/t7-/m1/s1. The number of aliphatic hydroxyl groups excluding tert-OH is 1. The molecule has 0 saturated carbocycles. The van der Waals surface area contributed by atoms with E-state index in [9.17, 15) is 9.50 Å². The van der Waals surface area contributed by atoms with Crippen LogP contribution in [0.25, 0.3) is 0 Å². The van der Waals surface area contributed by atoms with Crippen LogP contribution < -0.4 is 0 Å². The molecule has 1 aromatic heterocycles. The summed E-state index contributed by atoms with van der Waals surface area (Å²) in [5.41, 5.74) is 0.554. The molecule has 0 radical (unpaired) electrons. The van der Waals surface area contributed by atoms with Crippen LogP contribution in [-0.4, -0.2) is 19.9 Å². The molecule has 6 heteroatoms. The van der Waals surface area contributed by atoms with Crippen LogP contribution in [0.15, 0.2) is 34.6 Å². The van der Waals surface area contributed by atoms with Crippen LogP contribution in [0.1, 0.15) is 18.6 Å². The first kappa shape index (κ1) is 12.1. The monoisotopic (exact) mass is 253 g/mol. The Morgan fingerprint density at radius 2 is 2.24 bits per heavy atom. The van der Waals surface area contributed by atoms with Gasteiger partial charge >= 0.3 is 0 Å². The summed E-state index contributed by atoms with van der Waals surface area (Å²) in [6, 6.07) is 4.65. The Morgan fingerprint density at radius 1 is 1.47 bits per heavy atom. The second kappa shape index (κ2) is 4.85. The summed E-state index contributed by atoms with van der Waals surface area (Å²) in [6.45, 7) is 1.61. The van der Waals surface area contributed by atoms with E-state index in [0.717, 1.165) is 11.8 Å². The number of hydrogen-bond donors (Lipinski definition) is 1. The third-order valence-corrected chi connectivity index (χ3v) is 3.50. The van der Waals surface area contributed by atoms with Crippen molar-refractivity contribution in [3.63, 3.8) is 0 Å². The lowest BCUT2D eigenvalue weighted by molar-refractivity contribution is 0.195. The Bertz CT molecular complexity index is 527. The molecule has 0 unspecified atom stereocenters. The SMILES string of the molecule is C[C@@H](O)c1cccc(F)c1Sc1ncnn1C. The van der Waals surface area contributed by atoms with E-state index in [2.05, 4.69) is 10.1 Å². The van der Waals surface area contributed by atoms with E-state index < -0.39 is 6.10 Å². The minimum Gasteiger partial charge on any atom is -0.389 e. The van der Waals surface area contributed by atoms with Gasteiger partial charge in [0.15, 0.2) is 5.16 Å². The lowest BCUT2D eigenvalue weighted by Gasteiger charge is -2.11. The van der Waals surface area contributed by atoms with E-state index >= 15 is 0 Å². The highest BCUT2D eigenvalue weighted by atomic mass is 32.2. The molecule has 4 nitrogen and oxygen atoms in total. The average molecular weight is 253 g/mol. The fourth-order valence-corrected chi connectivity index (χ4v) is 2.42. The molecule has 0 fully saturated rings. The van der Waals surface area contributed by atoms with E-state index in [1.54, 1.807) is 30.8 Å². The fraction of sp³-hybridized carbons (Fsp3) is 0.273. The number of hydrogen-bond acceptors (Lipinski definition) is 4. The van der Waals surface area contributed by atoms with E-state index in [4.69, 9.17) is 0 Å². The Morgan fingerprint density at radius 3 is 2.82 bits per heavy atom. The molecule has 0 aliphatic rings. The summed E-state index contributed by atoms with van der Waals surface area (Å²) in [7, 11) is 1.73. The zero-order valence-corrected chi connectivity index (χ0v) is 10.3. The van der Waals surface area contributed by atoms with Gasteiger partial charge in [-0.2, -0.15) is 5.10 Å². The number of rotatable bonds is 3. The van der Waals surface area contributed by atoms with Crippen molar-refractivity contribution in [2.45, 2.75) is 23.1 Å². The largest absolute Gasteiger partial charge is 0.389 e. The molecule has 0 saturated heterocycles. The van der Waals surface area contributed by atoms with Gasteiger partial charge in [0.25, 0.3) is 0 Å². The molecule has 17 heavy (non-hydrogen) atoms. The molecule has 2 rings (SSSR count). The Hall–Kier alpha value is -1.40. The predicted molar refractivity (Wildman–Crippen MR) is 62.2 cm³/mol. The maximum absolute atomic E-state index is 13.7. The second-order valence-corrected chi connectivity index (χ2v) is 4.58. The lowest BCUT2D eigenvalue weighted by Crippen LogP contribution is -1.99. The van der Waals surface area contributed by atoms with Crippen LogP contribution in [0.2, 0.25) is 0 Å². The molecule has 0 spiro atoms. The molecule has 1 heterocycles. The molecule has 0 bridgehead atoms. The van der Waals surface area contributed by atoms with Crippen LogP contribution in [0, 0.1) is 5.82 Å². The van der Waals surface area contributed by atoms with Gasteiger partial charge in [-0.05, 0) is 30.3 Å². The number of halogens is 1. The van der Waals surface area contributed by atoms with Crippen molar-refractivity contribution in [2.24, 2.45) is 7.05 Å².